The Labute approximate surface area is 90.4 Å². The number of rotatable bonds is 3. The van der Waals surface area contributed by atoms with Gasteiger partial charge in [0.05, 0.1) is 15.8 Å². The van der Waals surface area contributed by atoms with Crippen LogP contribution in [-0.4, -0.2) is 22.3 Å². The van der Waals surface area contributed by atoms with Crippen LogP contribution < -0.4 is 5.32 Å². The highest BCUT2D eigenvalue weighted by Gasteiger charge is 2.22. The van der Waals surface area contributed by atoms with Gasteiger partial charge in [0.1, 0.15) is 12.1 Å². The van der Waals surface area contributed by atoms with Crippen LogP contribution in [0.4, 0.5) is 5.82 Å². The third kappa shape index (κ3) is 1.48. The molecule has 0 bridgehead atoms. The number of hydrogen-bond acceptors (Lipinski definition) is 5. The van der Waals surface area contributed by atoms with Gasteiger partial charge in [-0.2, -0.15) is 0 Å². The van der Waals surface area contributed by atoms with Gasteiger partial charge in [-0.05, 0) is 12.8 Å². The highest BCUT2D eigenvalue weighted by Crippen LogP contribution is 2.31. The summed E-state index contributed by atoms with van der Waals surface area (Å²) in [5, 5.41) is 5.16. The second kappa shape index (κ2) is 3.27. The number of carbonyl (C=O) groups excluding carboxylic acids is 1. The number of aldehydes is 1. The van der Waals surface area contributed by atoms with Crippen LogP contribution in [0.1, 0.15) is 23.2 Å². The van der Waals surface area contributed by atoms with Crippen LogP contribution in [0.15, 0.2) is 11.7 Å². The third-order valence-corrected chi connectivity index (χ3v) is 3.42. The molecule has 1 N–H and O–H groups in total. The second-order valence-electron chi connectivity index (χ2n) is 3.63. The summed E-state index contributed by atoms with van der Waals surface area (Å²) < 4.78 is 0.978. The fraction of sp³-hybridized carbons (Fsp3) is 0.300. The molecular formula is C10H9N3OS. The number of thiophene rings is 1. The minimum atomic E-state index is 0.560. The van der Waals surface area contributed by atoms with Crippen molar-refractivity contribution in [2.75, 3.05) is 5.32 Å². The summed E-state index contributed by atoms with van der Waals surface area (Å²) in [5.41, 5.74) is 1.41. The van der Waals surface area contributed by atoms with Gasteiger partial charge in [0.15, 0.2) is 6.29 Å². The Kier molecular flexibility index (Phi) is 1.92. The molecule has 5 heteroatoms. The topological polar surface area (TPSA) is 54.9 Å². The molecule has 0 saturated heterocycles. The number of hydrogen-bond donors (Lipinski definition) is 1. The van der Waals surface area contributed by atoms with E-state index in [1.54, 1.807) is 0 Å². The first-order chi connectivity index (χ1) is 7.38. The molecule has 1 fully saturated rings. The summed E-state index contributed by atoms with van der Waals surface area (Å²) in [5.74, 6) is 0.862. The molecule has 0 unspecified atom stereocenters. The molecule has 0 spiro atoms. The standard InChI is InChI=1S/C10H9N3OS/c14-3-6-4-15-9-8(6)11-5-12-10(9)13-7-1-2-7/h3-5,7H,1-2H2,(H,11,12,13). The first kappa shape index (κ1) is 8.79. The minimum Gasteiger partial charge on any atom is -0.366 e. The lowest BCUT2D eigenvalue weighted by molar-refractivity contribution is 0.112. The molecule has 2 aromatic rings. The van der Waals surface area contributed by atoms with Gasteiger partial charge in [0.25, 0.3) is 0 Å². The van der Waals surface area contributed by atoms with E-state index in [0.29, 0.717) is 11.6 Å². The summed E-state index contributed by atoms with van der Waals surface area (Å²) in [4.78, 5) is 19.1. The van der Waals surface area contributed by atoms with Crippen LogP contribution in [0.2, 0.25) is 0 Å². The van der Waals surface area contributed by atoms with E-state index < -0.39 is 0 Å². The Balaban J connectivity index is 2.12. The lowest BCUT2D eigenvalue weighted by Gasteiger charge is -2.03. The number of anilines is 1. The molecule has 1 aliphatic carbocycles. The molecule has 1 saturated carbocycles. The normalized spacial score (nSPS) is 15.5. The van der Waals surface area contributed by atoms with E-state index in [4.69, 9.17) is 0 Å². The predicted octanol–water partition coefficient (Wildman–Crippen LogP) is 2.08. The Morgan fingerprint density at radius 2 is 2.33 bits per heavy atom. The zero-order chi connectivity index (χ0) is 10.3. The predicted molar refractivity (Wildman–Crippen MR) is 59.4 cm³/mol. The van der Waals surface area contributed by atoms with E-state index in [-0.39, 0.29) is 0 Å². The third-order valence-electron chi connectivity index (χ3n) is 2.43. The smallest absolute Gasteiger partial charge is 0.153 e. The molecule has 76 valence electrons. The number of carbonyl (C=O) groups is 1. The van der Waals surface area contributed by atoms with Crippen LogP contribution in [-0.2, 0) is 0 Å². The van der Waals surface area contributed by atoms with Crippen LogP contribution in [0.5, 0.6) is 0 Å². The summed E-state index contributed by atoms with van der Waals surface area (Å²) in [6.07, 6.45) is 4.76. The van der Waals surface area contributed by atoms with Crippen LogP contribution >= 0.6 is 11.3 Å². The van der Waals surface area contributed by atoms with Crippen molar-refractivity contribution >= 4 is 33.7 Å². The maximum Gasteiger partial charge on any atom is 0.153 e. The van der Waals surface area contributed by atoms with E-state index >= 15 is 0 Å². The van der Waals surface area contributed by atoms with Crippen molar-refractivity contribution in [3.05, 3.63) is 17.3 Å². The van der Waals surface area contributed by atoms with Crippen molar-refractivity contribution in [3.63, 3.8) is 0 Å². The van der Waals surface area contributed by atoms with Crippen molar-refractivity contribution in [1.82, 2.24) is 9.97 Å². The minimum absolute atomic E-state index is 0.560. The van der Waals surface area contributed by atoms with Gasteiger partial charge in [0, 0.05) is 11.4 Å². The maximum atomic E-state index is 10.8. The van der Waals surface area contributed by atoms with Gasteiger partial charge >= 0.3 is 0 Å². The van der Waals surface area contributed by atoms with Crippen LogP contribution in [0, 0.1) is 0 Å². The second-order valence-corrected chi connectivity index (χ2v) is 4.51. The Morgan fingerprint density at radius 1 is 1.47 bits per heavy atom. The summed E-state index contributed by atoms with van der Waals surface area (Å²) >= 11 is 1.52. The molecule has 2 heterocycles. The van der Waals surface area contributed by atoms with Gasteiger partial charge in [-0.1, -0.05) is 0 Å². The molecule has 2 aromatic heterocycles. The zero-order valence-electron chi connectivity index (χ0n) is 7.93. The highest BCUT2D eigenvalue weighted by molar-refractivity contribution is 7.18. The average molecular weight is 219 g/mol. The molecular weight excluding hydrogens is 210 g/mol. The van der Waals surface area contributed by atoms with Crippen molar-refractivity contribution in [2.45, 2.75) is 18.9 Å². The quantitative estimate of drug-likeness (QED) is 0.803. The summed E-state index contributed by atoms with van der Waals surface area (Å²) in [6.45, 7) is 0. The molecule has 0 radical (unpaired) electrons. The van der Waals surface area contributed by atoms with Crippen molar-refractivity contribution in [3.8, 4) is 0 Å². The van der Waals surface area contributed by atoms with Gasteiger partial charge in [-0.25, -0.2) is 9.97 Å². The van der Waals surface area contributed by atoms with Gasteiger partial charge < -0.3 is 5.32 Å². The van der Waals surface area contributed by atoms with Crippen molar-refractivity contribution < 1.29 is 4.79 Å². The first-order valence-electron chi connectivity index (χ1n) is 4.82. The monoisotopic (exact) mass is 219 g/mol. The molecule has 0 aromatic carbocycles. The lowest BCUT2D eigenvalue weighted by atomic mass is 10.3. The zero-order valence-corrected chi connectivity index (χ0v) is 8.75. The summed E-state index contributed by atoms with van der Waals surface area (Å²) in [6, 6.07) is 0.560. The van der Waals surface area contributed by atoms with E-state index in [0.717, 1.165) is 22.3 Å². The fourth-order valence-electron chi connectivity index (χ4n) is 1.48. The first-order valence-corrected chi connectivity index (χ1v) is 5.70. The van der Waals surface area contributed by atoms with Gasteiger partial charge in [-0.3, -0.25) is 4.79 Å². The highest BCUT2D eigenvalue weighted by atomic mass is 32.1. The summed E-state index contributed by atoms with van der Waals surface area (Å²) in [7, 11) is 0. The average Bonchev–Trinajstić information content (AvgIpc) is 2.97. The van der Waals surface area contributed by atoms with E-state index in [1.807, 2.05) is 5.38 Å². The molecule has 15 heavy (non-hydrogen) atoms. The molecule has 0 aliphatic heterocycles. The van der Waals surface area contributed by atoms with E-state index in [1.165, 1.54) is 30.5 Å². The number of nitrogens with one attached hydrogen (secondary N) is 1. The fourth-order valence-corrected chi connectivity index (χ4v) is 2.39. The van der Waals surface area contributed by atoms with E-state index in [9.17, 15) is 4.79 Å². The molecule has 3 rings (SSSR count). The van der Waals surface area contributed by atoms with Gasteiger partial charge in [-0.15, -0.1) is 11.3 Å². The number of fused-ring (bicyclic) bond motifs is 1. The number of nitrogens with zero attached hydrogens (tertiary/aromatic N) is 2. The molecule has 0 atom stereocenters. The molecule has 4 nitrogen and oxygen atoms in total. The lowest BCUT2D eigenvalue weighted by Crippen LogP contribution is -2.03. The molecule has 0 amide bonds. The van der Waals surface area contributed by atoms with Gasteiger partial charge in [0.2, 0.25) is 0 Å². The molecule has 1 aliphatic rings. The van der Waals surface area contributed by atoms with E-state index in [2.05, 4.69) is 15.3 Å². The SMILES string of the molecule is O=Cc1csc2c(NC3CC3)ncnc12. The Morgan fingerprint density at radius 3 is 3.07 bits per heavy atom. The largest absolute Gasteiger partial charge is 0.366 e. The Bertz CT molecular complexity index is 518. The number of aromatic nitrogens is 2. The van der Waals surface area contributed by atoms with Crippen molar-refractivity contribution in [1.29, 1.82) is 0 Å². The Hall–Kier alpha value is -1.49. The van der Waals surface area contributed by atoms with Crippen LogP contribution in [0.25, 0.3) is 10.2 Å². The van der Waals surface area contributed by atoms with Crippen molar-refractivity contribution in [2.24, 2.45) is 0 Å². The van der Waals surface area contributed by atoms with Crippen LogP contribution in [0.3, 0.4) is 0 Å². The maximum absolute atomic E-state index is 10.8.